The minimum Gasteiger partial charge on any atom is -0.373 e. The van der Waals surface area contributed by atoms with E-state index in [-0.39, 0.29) is 39.6 Å². The molecule has 4 aromatic carbocycles. The Morgan fingerprint density at radius 1 is 0.644 bits per heavy atom. The van der Waals surface area contributed by atoms with Gasteiger partial charge in [-0.15, -0.1) is 0 Å². The van der Waals surface area contributed by atoms with Gasteiger partial charge in [0.1, 0.15) is 6.10 Å². The van der Waals surface area contributed by atoms with Crippen molar-refractivity contribution in [3.05, 3.63) is 144 Å². The van der Waals surface area contributed by atoms with E-state index < -0.39 is 23.7 Å². The molecule has 1 amide bonds. The number of rotatable bonds is 19. The molecule has 0 radical (unpaired) electrons. The van der Waals surface area contributed by atoms with Crippen molar-refractivity contribution in [3.63, 3.8) is 0 Å². The molecule has 4 aromatic rings. The predicted octanol–water partition coefficient (Wildman–Crippen LogP) is 5.84. The van der Waals surface area contributed by atoms with Crippen molar-refractivity contribution in [1.29, 1.82) is 0 Å². The van der Waals surface area contributed by atoms with Gasteiger partial charge in [0.25, 0.3) is 5.91 Å². The van der Waals surface area contributed by atoms with Crippen molar-refractivity contribution in [2.24, 2.45) is 0 Å². The number of hydrogen-bond donors (Lipinski definition) is 1. The molecule has 238 valence electrons. The minimum absolute atomic E-state index is 0.0806. The van der Waals surface area contributed by atoms with Crippen molar-refractivity contribution in [2.45, 2.75) is 44.2 Å². The predicted molar refractivity (Wildman–Crippen MR) is 168 cm³/mol. The van der Waals surface area contributed by atoms with Gasteiger partial charge in [0, 0.05) is 7.05 Å². The van der Waals surface area contributed by atoms with Crippen LogP contribution >= 0.6 is 0 Å². The van der Waals surface area contributed by atoms with Crippen LogP contribution in [0, 0.1) is 0 Å². The maximum Gasteiger partial charge on any atom is 0.277 e. The zero-order valence-electron chi connectivity index (χ0n) is 25.7. The van der Waals surface area contributed by atoms with E-state index in [0.717, 1.165) is 27.3 Å². The van der Waals surface area contributed by atoms with Crippen LogP contribution in [-0.2, 0) is 59.9 Å². The topological polar surface area (TPSA) is 95.9 Å². The maximum absolute atomic E-state index is 13.9. The molecule has 0 spiro atoms. The molecule has 4 rings (SSSR count). The lowest BCUT2D eigenvalue weighted by atomic mass is 9.92. The number of hydroxylamine groups is 2. The van der Waals surface area contributed by atoms with E-state index in [2.05, 4.69) is 0 Å². The zero-order valence-corrected chi connectivity index (χ0v) is 25.7. The molecule has 0 aliphatic rings. The molecule has 0 saturated heterocycles. The standard InChI is InChI=1S/C36H41NO8/c1-37(40-2)35(38)33(43-25-31-19-11-5-12-20-31)34(44-26-32-21-13-6-14-22-32)36(45-39,27-41-23-29-15-7-3-8-16-29)28-42-24-30-17-9-4-10-18-30/h3-22,33-34,39H,23-28H2,1-2H3/t33-,34+/m1/s1. The smallest absolute Gasteiger partial charge is 0.277 e. The van der Waals surface area contributed by atoms with Gasteiger partial charge in [-0.1, -0.05) is 121 Å². The number of carbonyl (C=O) groups excluding carboxylic acids is 1. The number of hydrogen-bond acceptors (Lipinski definition) is 8. The second kappa shape index (κ2) is 18.1. The van der Waals surface area contributed by atoms with Gasteiger partial charge in [-0.25, -0.2) is 9.95 Å². The van der Waals surface area contributed by atoms with Crippen LogP contribution in [0.1, 0.15) is 22.3 Å². The summed E-state index contributed by atoms with van der Waals surface area (Å²) in [5.74, 6) is -0.543. The summed E-state index contributed by atoms with van der Waals surface area (Å²) >= 11 is 0. The Labute approximate surface area is 264 Å². The third-order valence-electron chi connectivity index (χ3n) is 7.26. The third-order valence-corrected chi connectivity index (χ3v) is 7.26. The summed E-state index contributed by atoms with van der Waals surface area (Å²) in [6.45, 7) is 0.221. The Morgan fingerprint density at radius 3 is 1.40 bits per heavy atom. The first-order valence-corrected chi connectivity index (χ1v) is 14.7. The highest BCUT2D eigenvalue weighted by Crippen LogP contribution is 2.29. The van der Waals surface area contributed by atoms with Crippen LogP contribution in [0.2, 0.25) is 0 Å². The largest absolute Gasteiger partial charge is 0.373 e. The summed E-state index contributed by atoms with van der Waals surface area (Å²) in [6, 6.07) is 38.2. The van der Waals surface area contributed by atoms with Gasteiger partial charge < -0.3 is 18.9 Å². The van der Waals surface area contributed by atoms with E-state index >= 15 is 0 Å². The molecule has 0 saturated carbocycles. The van der Waals surface area contributed by atoms with Crippen molar-refractivity contribution < 1.29 is 38.7 Å². The van der Waals surface area contributed by atoms with Crippen LogP contribution in [0.4, 0.5) is 0 Å². The fraction of sp³-hybridized carbons (Fsp3) is 0.306. The van der Waals surface area contributed by atoms with Gasteiger partial charge in [0.2, 0.25) is 0 Å². The third kappa shape index (κ3) is 10.3. The Hall–Kier alpha value is -3.93. The van der Waals surface area contributed by atoms with E-state index in [4.69, 9.17) is 28.7 Å². The lowest BCUT2D eigenvalue weighted by molar-refractivity contribution is -0.376. The highest BCUT2D eigenvalue weighted by molar-refractivity contribution is 5.80. The maximum atomic E-state index is 13.9. The molecule has 2 atom stereocenters. The molecule has 0 bridgehead atoms. The number of carbonyl (C=O) groups is 1. The Bertz CT molecular complexity index is 1330. The average molecular weight is 616 g/mol. The zero-order chi connectivity index (χ0) is 31.7. The quantitative estimate of drug-likeness (QED) is 0.104. The lowest BCUT2D eigenvalue weighted by Gasteiger charge is -2.40. The summed E-state index contributed by atoms with van der Waals surface area (Å²) < 4.78 is 25.1. The van der Waals surface area contributed by atoms with Crippen LogP contribution < -0.4 is 0 Å². The highest BCUT2D eigenvalue weighted by Gasteiger charge is 2.51. The average Bonchev–Trinajstić information content (AvgIpc) is 3.10. The van der Waals surface area contributed by atoms with Crippen LogP contribution in [0.3, 0.4) is 0 Å². The molecule has 0 aliphatic heterocycles. The normalized spacial score (nSPS) is 12.9. The molecule has 0 heterocycles. The van der Waals surface area contributed by atoms with Gasteiger partial charge in [0.15, 0.2) is 11.7 Å². The van der Waals surface area contributed by atoms with E-state index in [9.17, 15) is 10.1 Å². The van der Waals surface area contributed by atoms with Gasteiger partial charge >= 0.3 is 0 Å². The van der Waals surface area contributed by atoms with Crippen molar-refractivity contribution >= 4 is 5.91 Å². The second-order valence-electron chi connectivity index (χ2n) is 10.6. The molecular formula is C36H41NO8. The molecule has 45 heavy (non-hydrogen) atoms. The Balaban J connectivity index is 1.69. The summed E-state index contributed by atoms with van der Waals surface area (Å²) in [6.07, 6.45) is -2.52. The van der Waals surface area contributed by atoms with Crippen molar-refractivity contribution in [1.82, 2.24) is 5.06 Å². The fourth-order valence-electron chi connectivity index (χ4n) is 4.74. The molecule has 9 nitrogen and oxygen atoms in total. The molecule has 0 aromatic heterocycles. The van der Waals surface area contributed by atoms with Crippen LogP contribution in [0.25, 0.3) is 0 Å². The Kier molecular flexibility index (Phi) is 13.7. The highest BCUT2D eigenvalue weighted by atomic mass is 17.1. The molecule has 1 N–H and O–H groups in total. The molecule has 0 unspecified atom stereocenters. The second-order valence-corrected chi connectivity index (χ2v) is 10.6. The van der Waals surface area contributed by atoms with Crippen molar-refractivity contribution in [2.75, 3.05) is 27.4 Å². The van der Waals surface area contributed by atoms with Crippen LogP contribution in [0.5, 0.6) is 0 Å². The van der Waals surface area contributed by atoms with E-state index in [1.54, 1.807) is 0 Å². The summed E-state index contributed by atoms with van der Waals surface area (Å²) in [4.78, 5) is 24.4. The first kappa shape index (κ1) is 34.0. The number of amides is 1. The van der Waals surface area contributed by atoms with Crippen LogP contribution in [-0.4, -0.2) is 61.4 Å². The van der Waals surface area contributed by atoms with Gasteiger partial charge in [-0.2, -0.15) is 0 Å². The summed E-state index contributed by atoms with van der Waals surface area (Å²) in [5, 5.41) is 11.8. The van der Waals surface area contributed by atoms with E-state index in [0.29, 0.717) is 0 Å². The SMILES string of the molecule is CON(C)C(=O)[C@H](OCc1ccccc1)[C@H](OCc1ccccc1)C(COCc1ccccc1)(COCc1ccccc1)OO. The van der Waals surface area contributed by atoms with Crippen molar-refractivity contribution in [3.8, 4) is 0 Å². The number of likely N-dealkylation sites (N-methyl/N-ethyl adjacent to an activating group) is 1. The molecule has 0 fully saturated rings. The first-order chi connectivity index (χ1) is 22.0. The van der Waals surface area contributed by atoms with Crippen LogP contribution in [0.15, 0.2) is 121 Å². The van der Waals surface area contributed by atoms with Gasteiger partial charge in [0.05, 0.1) is 46.8 Å². The van der Waals surface area contributed by atoms with E-state index in [1.807, 2.05) is 121 Å². The fourth-order valence-corrected chi connectivity index (χ4v) is 4.74. The lowest BCUT2D eigenvalue weighted by Crippen LogP contribution is -2.61. The molecule has 0 aliphatic carbocycles. The number of nitrogens with zero attached hydrogens (tertiary/aromatic N) is 1. The first-order valence-electron chi connectivity index (χ1n) is 14.7. The van der Waals surface area contributed by atoms with Gasteiger partial charge in [-0.3, -0.25) is 14.9 Å². The summed E-state index contributed by atoms with van der Waals surface area (Å²) in [7, 11) is 2.86. The number of benzene rings is 4. The van der Waals surface area contributed by atoms with Gasteiger partial charge in [-0.05, 0) is 22.3 Å². The monoisotopic (exact) mass is 615 g/mol. The minimum atomic E-state index is -1.70. The summed E-state index contributed by atoms with van der Waals surface area (Å²) in [5.41, 5.74) is 1.82. The van der Waals surface area contributed by atoms with E-state index in [1.165, 1.54) is 14.2 Å². The number of ether oxygens (including phenoxy) is 4. The Morgan fingerprint density at radius 2 is 1.02 bits per heavy atom. The molecule has 9 heteroatoms. The molecular weight excluding hydrogens is 574 g/mol.